The van der Waals surface area contributed by atoms with E-state index in [0.717, 1.165) is 17.7 Å². The third-order valence-corrected chi connectivity index (χ3v) is 3.71. The summed E-state index contributed by atoms with van der Waals surface area (Å²) in [5, 5.41) is 0. The summed E-state index contributed by atoms with van der Waals surface area (Å²) in [6.45, 7) is 2.10. The van der Waals surface area contributed by atoms with E-state index >= 15 is 0 Å². The molecule has 2 N–H and O–H groups in total. The van der Waals surface area contributed by atoms with E-state index in [4.69, 9.17) is 10.5 Å². The molecular weight excluding hydrogens is 246 g/mol. The van der Waals surface area contributed by atoms with Crippen molar-refractivity contribution in [1.82, 2.24) is 0 Å². The zero-order valence-corrected chi connectivity index (χ0v) is 11.9. The van der Waals surface area contributed by atoms with Crippen LogP contribution in [0.5, 0.6) is 5.75 Å². The van der Waals surface area contributed by atoms with Crippen LogP contribution in [0.15, 0.2) is 48.5 Å². The molecule has 1 aliphatic rings. The largest absolute Gasteiger partial charge is 0.490 e. The smallest absolute Gasteiger partial charge is 0.119 e. The summed E-state index contributed by atoms with van der Waals surface area (Å²) >= 11 is 0. The van der Waals surface area contributed by atoms with E-state index in [1.807, 2.05) is 12.1 Å². The van der Waals surface area contributed by atoms with Crippen molar-refractivity contribution in [3.05, 3.63) is 65.2 Å². The molecule has 0 saturated heterocycles. The Morgan fingerprint density at radius 2 is 1.70 bits per heavy atom. The molecule has 104 valence electrons. The van der Waals surface area contributed by atoms with E-state index in [2.05, 4.69) is 43.3 Å². The average Bonchev–Trinajstić information content (AvgIpc) is 3.26. The van der Waals surface area contributed by atoms with Crippen LogP contribution >= 0.6 is 0 Å². The van der Waals surface area contributed by atoms with Crippen molar-refractivity contribution >= 4 is 0 Å². The van der Waals surface area contributed by atoms with Crippen molar-refractivity contribution in [2.45, 2.75) is 38.3 Å². The molecule has 1 saturated carbocycles. The number of aryl methyl sites for hydroxylation is 1. The summed E-state index contributed by atoms with van der Waals surface area (Å²) in [6, 6.07) is 16.8. The molecule has 1 unspecified atom stereocenters. The molecule has 1 atom stereocenters. The Kier molecular flexibility index (Phi) is 3.75. The molecule has 2 aromatic rings. The topological polar surface area (TPSA) is 35.2 Å². The van der Waals surface area contributed by atoms with Crippen LogP contribution in [0.25, 0.3) is 0 Å². The van der Waals surface area contributed by atoms with Crippen LogP contribution in [-0.2, 0) is 6.42 Å². The molecular formula is C18H21NO. The fourth-order valence-electron chi connectivity index (χ4n) is 2.27. The molecule has 0 amide bonds. The Bertz CT molecular complexity index is 555. The minimum Gasteiger partial charge on any atom is -0.490 e. The fourth-order valence-corrected chi connectivity index (χ4v) is 2.27. The van der Waals surface area contributed by atoms with Gasteiger partial charge in [-0.2, -0.15) is 0 Å². The summed E-state index contributed by atoms with van der Waals surface area (Å²) in [6.07, 6.45) is 3.69. The summed E-state index contributed by atoms with van der Waals surface area (Å²) in [5.41, 5.74) is 10.0. The van der Waals surface area contributed by atoms with Crippen molar-refractivity contribution in [3.63, 3.8) is 0 Å². The maximum Gasteiger partial charge on any atom is 0.119 e. The van der Waals surface area contributed by atoms with Gasteiger partial charge in [-0.1, -0.05) is 42.0 Å². The van der Waals surface area contributed by atoms with Crippen LogP contribution in [0.4, 0.5) is 0 Å². The molecule has 3 rings (SSSR count). The number of hydrogen-bond acceptors (Lipinski definition) is 2. The summed E-state index contributed by atoms with van der Waals surface area (Å²) in [5.74, 6) is 0.957. The fraction of sp³-hybridized carbons (Fsp3) is 0.333. The minimum atomic E-state index is 0.0349. The van der Waals surface area contributed by atoms with E-state index < -0.39 is 0 Å². The van der Waals surface area contributed by atoms with Crippen LogP contribution in [0.3, 0.4) is 0 Å². The number of rotatable bonds is 5. The van der Waals surface area contributed by atoms with Gasteiger partial charge in [0.2, 0.25) is 0 Å². The Morgan fingerprint density at radius 1 is 1.05 bits per heavy atom. The van der Waals surface area contributed by atoms with E-state index in [1.54, 1.807) is 0 Å². The van der Waals surface area contributed by atoms with Crippen molar-refractivity contribution in [1.29, 1.82) is 0 Å². The second-order valence-corrected chi connectivity index (χ2v) is 5.68. The van der Waals surface area contributed by atoms with Crippen LogP contribution < -0.4 is 10.5 Å². The van der Waals surface area contributed by atoms with Gasteiger partial charge < -0.3 is 10.5 Å². The van der Waals surface area contributed by atoms with Crippen molar-refractivity contribution in [2.24, 2.45) is 5.73 Å². The second kappa shape index (κ2) is 5.68. The molecule has 1 fully saturated rings. The van der Waals surface area contributed by atoms with E-state index in [0.29, 0.717) is 6.10 Å². The molecule has 0 bridgehead atoms. The molecule has 0 radical (unpaired) electrons. The number of hydrogen-bond donors (Lipinski definition) is 1. The predicted octanol–water partition coefficient (Wildman–Crippen LogP) is 3.78. The highest BCUT2D eigenvalue weighted by Crippen LogP contribution is 2.27. The monoisotopic (exact) mass is 267 g/mol. The van der Waals surface area contributed by atoms with Gasteiger partial charge in [-0.15, -0.1) is 0 Å². The summed E-state index contributed by atoms with van der Waals surface area (Å²) < 4.78 is 5.75. The Hall–Kier alpha value is -1.80. The Balaban J connectivity index is 1.63. The summed E-state index contributed by atoms with van der Waals surface area (Å²) in [4.78, 5) is 0. The van der Waals surface area contributed by atoms with Gasteiger partial charge in [0.15, 0.2) is 0 Å². The van der Waals surface area contributed by atoms with Crippen molar-refractivity contribution in [3.8, 4) is 5.75 Å². The first-order valence-corrected chi connectivity index (χ1v) is 7.28. The lowest BCUT2D eigenvalue weighted by molar-refractivity contribution is 0.303. The van der Waals surface area contributed by atoms with Gasteiger partial charge in [-0.25, -0.2) is 0 Å². The van der Waals surface area contributed by atoms with Gasteiger partial charge >= 0.3 is 0 Å². The van der Waals surface area contributed by atoms with Crippen molar-refractivity contribution < 1.29 is 4.74 Å². The van der Waals surface area contributed by atoms with E-state index in [-0.39, 0.29) is 6.04 Å². The Labute approximate surface area is 120 Å². The molecule has 2 aromatic carbocycles. The highest BCUT2D eigenvalue weighted by Gasteiger charge is 2.23. The maximum atomic E-state index is 6.29. The highest BCUT2D eigenvalue weighted by molar-refractivity contribution is 5.31. The van der Waals surface area contributed by atoms with E-state index in [1.165, 1.54) is 24.0 Å². The molecule has 0 aromatic heterocycles. The van der Waals surface area contributed by atoms with Crippen LogP contribution in [-0.4, -0.2) is 6.10 Å². The van der Waals surface area contributed by atoms with Gasteiger partial charge in [0, 0.05) is 6.04 Å². The zero-order valence-electron chi connectivity index (χ0n) is 11.9. The van der Waals surface area contributed by atoms with Crippen LogP contribution in [0.2, 0.25) is 0 Å². The summed E-state index contributed by atoms with van der Waals surface area (Å²) in [7, 11) is 0. The molecule has 1 aliphatic carbocycles. The molecule has 2 nitrogen and oxygen atoms in total. The first-order chi connectivity index (χ1) is 9.70. The normalized spacial score (nSPS) is 15.9. The zero-order chi connectivity index (χ0) is 13.9. The number of ether oxygens (including phenoxy) is 1. The number of benzene rings is 2. The molecule has 0 heterocycles. The quantitative estimate of drug-likeness (QED) is 0.894. The van der Waals surface area contributed by atoms with Crippen LogP contribution in [0, 0.1) is 6.92 Å². The molecule has 0 aliphatic heterocycles. The minimum absolute atomic E-state index is 0.0349. The maximum absolute atomic E-state index is 6.29. The third kappa shape index (κ3) is 3.40. The van der Waals surface area contributed by atoms with Crippen LogP contribution in [0.1, 0.15) is 35.6 Å². The lowest BCUT2D eigenvalue weighted by Gasteiger charge is -2.13. The second-order valence-electron chi connectivity index (χ2n) is 5.68. The lowest BCUT2D eigenvalue weighted by atomic mass is 9.99. The van der Waals surface area contributed by atoms with Crippen molar-refractivity contribution in [2.75, 3.05) is 0 Å². The first-order valence-electron chi connectivity index (χ1n) is 7.28. The average molecular weight is 267 g/mol. The Morgan fingerprint density at radius 3 is 2.30 bits per heavy atom. The van der Waals surface area contributed by atoms with Gasteiger partial charge in [0.25, 0.3) is 0 Å². The first kappa shape index (κ1) is 13.2. The van der Waals surface area contributed by atoms with Gasteiger partial charge in [0.05, 0.1) is 6.10 Å². The van der Waals surface area contributed by atoms with Gasteiger partial charge in [0.1, 0.15) is 5.75 Å². The number of nitrogens with two attached hydrogens (primary N) is 1. The lowest BCUT2D eigenvalue weighted by Crippen LogP contribution is -2.13. The highest BCUT2D eigenvalue weighted by atomic mass is 16.5. The molecule has 0 spiro atoms. The SMILES string of the molecule is Cc1ccc(CC(N)c2ccc(OC3CC3)cc2)cc1. The third-order valence-electron chi connectivity index (χ3n) is 3.71. The van der Waals surface area contributed by atoms with Gasteiger partial charge in [-0.3, -0.25) is 0 Å². The standard InChI is InChI=1S/C18H21NO/c1-13-2-4-14(5-3-13)12-18(19)15-6-8-16(9-7-15)20-17-10-11-17/h2-9,17-18H,10-12,19H2,1H3. The molecule has 2 heteroatoms. The van der Waals surface area contributed by atoms with E-state index in [9.17, 15) is 0 Å². The predicted molar refractivity (Wildman–Crippen MR) is 81.9 cm³/mol. The van der Waals surface area contributed by atoms with Gasteiger partial charge in [-0.05, 0) is 49.4 Å². The molecule has 20 heavy (non-hydrogen) atoms.